The van der Waals surface area contributed by atoms with Crippen LogP contribution >= 0.6 is 11.6 Å². The first-order chi connectivity index (χ1) is 13.7. The topological polar surface area (TPSA) is 58.1 Å². The number of aromatic nitrogens is 2. The lowest BCUT2D eigenvalue weighted by molar-refractivity contribution is -0.126. The van der Waals surface area contributed by atoms with Crippen molar-refractivity contribution in [3.05, 3.63) is 41.4 Å². The highest BCUT2D eigenvalue weighted by Gasteiger charge is 2.28. The summed E-state index contributed by atoms with van der Waals surface area (Å²) in [6.07, 6.45) is 7.97. The standard InChI is InChI=1S/C22H27ClN4O/c23-18-10-8-16(9-11-18)20-12-13-21(26-25-20)27-14-4-5-17(15-27)22(28)24-19-6-2-1-3-7-19/h8-13,17,19H,1-7,14-15H2,(H,24,28). The lowest BCUT2D eigenvalue weighted by Gasteiger charge is -2.34. The second-order valence-electron chi connectivity index (χ2n) is 7.91. The molecule has 1 aliphatic carbocycles. The molecular weight excluding hydrogens is 372 g/mol. The maximum absolute atomic E-state index is 12.7. The largest absolute Gasteiger partial charge is 0.354 e. The number of halogens is 1. The molecule has 1 atom stereocenters. The van der Waals surface area contributed by atoms with E-state index in [1.807, 2.05) is 36.4 Å². The quantitative estimate of drug-likeness (QED) is 0.825. The average molecular weight is 399 g/mol. The number of hydrogen-bond donors (Lipinski definition) is 1. The first-order valence-electron chi connectivity index (χ1n) is 10.3. The summed E-state index contributed by atoms with van der Waals surface area (Å²) in [5.74, 6) is 1.09. The molecule has 2 heterocycles. The molecule has 5 nitrogen and oxygen atoms in total. The van der Waals surface area contributed by atoms with Gasteiger partial charge in [-0.1, -0.05) is 43.0 Å². The minimum atomic E-state index is 0.0356. The van der Waals surface area contributed by atoms with Gasteiger partial charge in [-0.3, -0.25) is 4.79 Å². The molecule has 1 amide bonds. The first-order valence-corrected chi connectivity index (χ1v) is 10.7. The fraction of sp³-hybridized carbons (Fsp3) is 0.500. The van der Waals surface area contributed by atoms with Crippen LogP contribution in [0, 0.1) is 5.92 Å². The van der Waals surface area contributed by atoms with Gasteiger partial charge >= 0.3 is 0 Å². The molecule has 1 N–H and O–H groups in total. The molecule has 1 aromatic carbocycles. The molecule has 1 saturated carbocycles. The predicted octanol–water partition coefficient (Wildman–Crippen LogP) is 4.46. The van der Waals surface area contributed by atoms with Crippen molar-refractivity contribution in [3.63, 3.8) is 0 Å². The third-order valence-corrected chi connectivity index (χ3v) is 6.11. The number of amides is 1. The van der Waals surface area contributed by atoms with E-state index >= 15 is 0 Å². The maximum atomic E-state index is 12.7. The van der Waals surface area contributed by atoms with Gasteiger partial charge in [-0.2, -0.15) is 0 Å². The van der Waals surface area contributed by atoms with Crippen LogP contribution < -0.4 is 10.2 Å². The van der Waals surface area contributed by atoms with Crippen LogP contribution in [0.5, 0.6) is 0 Å². The molecule has 0 bridgehead atoms. The summed E-state index contributed by atoms with van der Waals surface area (Å²) >= 11 is 5.95. The van der Waals surface area contributed by atoms with Gasteiger partial charge in [-0.25, -0.2) is 0 Å². The van der Waals surface area contributed by atoms with E-state index in [1.165, 1.54) is 19.3 Å². The summed E-state index contributed by atoms with van der Waals surface area (Å²) in [5.41, 5.74) is 1.82. The molecule has 2 aromatic rings. The van der Waals surface area contributed by atoms with Gasteiger partial charge in [0.05, 0.1) is 11.6 Å². The molecule has 2 aliphatic rings. The summed E-state index contributed by atoms with van der Waals surface area (Å²) in [6, 6.07) is 11.9. The van der Waals surface area contributed by atoms with Crippen LogP contribution in [0.4, 0.5) is 5.82 Å². The van der Waals surface area contributed by atoms with Crippen molar-refractivity contribution >= 4 is 23.3 Å². The van der Waals surface area contributed by atoms with Gasteiger partial charge in [0, 0.05) is 29.7 Å². The fourth-order valence-corrected chi connectivity index (χ4v) is 4.36. The van der Waals surface area contributed by atoms with E-state index in [1.54, 1.807) is 0 Å². The van der Waals surface area contributed by atoms with Crippen LogP contribution in [0.15, 0.2) is 36.4 Å². The molecule has 28 heavy (non-hydrogen) atoms. The average Bonchev–Trinajstić information content (AvgIpc) is 2.75. The van der Waals surface area contributed by atoms with Crippen LogP contribution in [0.3, 0.4) is 0 Å². The summed E-state index contributed by atoms with van der Waals surface area (Å²) in [5, 5.41) is 12.8. The Morgan fingerprint density at radius 1 is 0.964 bits per heavy atom. The normalized spacial score (nSPS) is 20.8. The Bertz CT molecular complexity index is 787. The Balaban J connectivity index is 1.38. The summed E-state index contributed by atoms with van der Waals surface area (Å²) in [4.78, 5) is 14.9. The van der Waals surface area contributed by atoms with Gasteiger partial charge in [0.15, 0.2) is 5.82 Å². The van der Waals surface area contributed by atoms with E-state index in [0.717, 1.165) is 49.3 Å². The monoisotopic (exact) mass is 398 g/mol. The SMILES string of the molecule is O=C(NC1CCCCC1)C1CCCN(c2ccc(-c3ccc(Cl)cc3)nn2)C1. The molecule has 0 radical (unpaired) electrons. The van der Waals surface area contributed by atoms with Gasteiger partial charge < -0.3 is 10.2 Å². The number of carbonyl (C=O) groups excluding carboxylic acids is 1. The van der Waals surface area contributed by atoms with E-state index in [-0.39, 0.29) is 11.8 Å². The molecule has 1 saturated heterocycles. The number of carbonyl (C=O) groups is 1. The van der Waals surface area contributed by atoms with Crippen molar-refractivity contribution in [1.82, 2.24) is 15.5 Å². The molecule has 6 heteroatoms. The van der Waals surface area contributed by atoms with Gasteiger partial charge in [-0.15, -0.1) is 10.2 Å². The molecule has 0 spiro atoms. The van der Waals surface area contributed by atoms with Crippen molar-refractivity contribution in [2.75, 3.05) is 18.0 Å². The number of rotatable bonds is 4. The number of nitrogens with one attached hydrogen (secondary N) is 1. The van der Waals surface area contributed by atoms with Crippen molar-refractivity contribution in [2.45, 2.75) is 51.0 Å². The number of nitrogens with zero attached hydrogens (tertiary/aromatic N) is 3. The highest BCUT2D eigenvalue weighted by Crippen LogP contribution is 2.25. The molecule has 2 fully saturated rings. The number of benzene rings is 1. The van der Waals surface area contributed by atoms with Gasteiger partial charge in [-0.05, 0) is 49.9 Å². The molecule has 148 valence electrons. The lowest BCUT2D eigenvalue weighted by Crippen LogP contribution is -2.46. The van der Waals surface area contributed by atoms with E-state index in [9.17, 15) is 4.79 Å². The third kappa shape index (κ3) is 4.64. The Hall–Kier alpha value is -2.14. The van der Waals surface area contributed by atoms with E-state index in [0.29, 0.717) is 17.6 Å². The van der Waals surface area contributed by atoms with Crippen LogP contribution in [-0.2, 0) is 4.79 Å². The van der Waals surface area contributed by atoms with Crippen molar-refractivity contribution in [1.29, 1.82) is 0 Å². The minimum absolute atomic E-state index is 0.0356. The van der Waals surface area contributed by atoms with Crippen molar-refractivity contribution in [2.24, 2.45) is 5.92 Å². The zero-order chi connectivity index (χ0) is 19.3. The van der Waals surface area contributed by atoms with E-state index < -0.39 is 0 Å². The number of piperidine rings is 1. The molecular formula is C22H27ClN4O. The zero-order valence-corrected chi connectivity index (χ0v) is 16.9. The summed E-state index contributed by atoms with van der Waals surface area (Å²) in [6.45, 7) is 1.63. The molecule has 1 aliphatic heterocycles. The minimum Gasteiger partial charge on any atom is -0.354 e. The van der Waals surface area contributed by atoms with E-state index in [2.05, 4.69) is 20.4 Å². The summed E-state index contributed by atoms with van der Waals surface area (Å²) < 4.78 is 0. The highest BCUT2D eigenvalue weighted by molar-refractivity contribution is 6.30. The van der Waals surface area contributed by atoms with E-state index in [4.69, 9.17) is 11.6 Å². The van der Waals surface area contributed by atoms with Crippen molar-refractivity contribution < 1.29 is 4.79 Å². The molecule has 1 aromatic heterocycles. The Labute approximate surface area is 171 Å². The van der Waals surface area contributed by atoms with Gasteiger partial charge in [0.2, 0.25) is 5.91 Å². The van der Waals surface area contributed by atoms with Gasteiger partial charge in [0.25, 0.3) is 0 Å². The second-order valence-corrected chi connectivity index (χ2v) is 8.35. The molecule has 4 rings (SSSR count). The Morgan fingerprint density at radius 3 is 2.46 bits per heavy atom. The van der Waals surface area contributed by atoms with Crippen molar-refractivity contribution in [3.8, 4) is 11.3 Å². The van der Waals surface area contributed by atoms with Crippen LogP contribution in [0.2, 0.25) is 5.02 Å². The number of hydrogen-bond acceptors (Lipinski definition) is 4. The maximum Gasteiger partial charge on any atom is 0.225 e. The number of anilines is 1. The lowest BCUT2D eigenvalue weighted by atomic mass is 9.93. The van der Waals surface area contributed by atoms with Crippen LogP contribution in [-0.4, -0.2) is 35.2 Å². The Kier molecular flexibility index (Phi) is 6.10. The second kappa shape index (κ2) is 8.91. The molecule has 1 unspecified atom stereocenters. The summed E-state index contributed by atoms with van der Waals surface area (Å²) in [7, 11) is 0. The Morgan fingerprint density at radius 2 is 1.75 bits per heavy atom. The first kappa shape index (κ1) is 19.2. The van der Waals surface area contributed by atoms with Gasteiger partial charge in [0.1, 0.15) is 0 Å². The van der Waals surface area contributed by atoms with Crippen LogP contribution in [0.1, 0.15) is 44.9 Å². The fourth-order valence-electron chi connectivity index (χ4n) is 4.23. The highest BCUT2D eigenvalue weighted by atomic mass is 35.5. The smallest absolute Gasteiger partial charge is 0.225 e. The predicted molar refractivity (Wildman–Crippen MR) is 112 cm³/mol. The zero-order valence-electron chi connectivity index (χ0n) is 16.1. The third-order valence-electron chi connectivity index (χ3n) is 5.86. The van der Waals surface area contributed by atoms with Crippen LogP contribution in [0.25, 0.3) is 11.3 Å².